The molecule has 0 unspecified atom stereocenters. The zero-order chi connectivity index (χ0) is 21.6. The zero-order valence-corrected chi connectivity index (χ0v) is 17.5. The normalized spacial score (nSPS) is 11.1. The molecule has 0 aliphatic rings. The Morgan fingerprint density at radius 3 is 2.31 bits per heavy atom. The molecule has 8 nitrogen and oxygen atoms in total. The number of benzene rings is 2. The van der Waals surface area contributed by atoms with Gasteiger partial charge in [0.1, 0.15) is 12.3 Å². The Bertz CT molecular complexity index is 971. The fraction of sp³-hybridized carbons (Fsp3) is 0.300. The topological polar surface area (TPSA) is 102 Å². The van der Waals surface area contributed by atoms with Gasteiger partial charge in [0, 0.05) is 18.7 Å². The number of amides is 1. The highest BCUT2D eigenvalue weighted by molar-refractivity contribution is 7.92. The van der Waals surface area contributed by atoms with Gasteiger partial charge in [-0.15, -0.1) is 0 Å². The molecule has 0 heterocycles. The first kappa shape index (κ1) is 22.2. The van der Waals surface area contributed by atoms with Crippen molar-refractivity contribution in [2.45, 2.75) is 31.8 Å². The van der Waals surface area contributed by atoms with E-state index in [4.69, 9.17) is 9.47 Å². The number of hydrogen-bond acceptors (Lipinski definition) is 6. The first-order chi connectivity index (χ1) is 13.6. The van der Waals surface area contributed by atoms with Gasteiger partial charge < -0.3 is 14.8 Å². The third kappa shape index (κ3) is 5.95. The molecule has 2 aromatic carbocycles. The molecule has 2 rings (SSSR count). The van der Waals surface area contributed by atoms with Gasteiger partial charge in [-0.1, -0.05) is 6.07 Å². The van der Waals surface area contributed by atoms with Gasteiger partial charge in [-0.2, -0.15) is 0 Å². The van der Waals surface area contributed by atoms with Crippen LogP contribution in [0.2, 0.25) is 0 Å². The minimum absolute atomic E-state index is 0.0354. The Labute approximate surface area is 170 Å². The van der Waals surface area contributed by atoms with Crippen molar-refractivity contribution < 1.29 is 27.5 Å². The third-order valence-electron chi connectivity index (χ3n) is 3.74. The van der Waals surface area contributed by atoms with Crippen molar-refractivity contribution in [3.63, 3.8) is 0 Å². The molecular weight excluding hydrogens is 396 g/mol. The smallest absolute Gasteiger partial charge is 0.327 e. The van der Waals surface area contributed by atoms with E-state index in [0.29, 0.717) is 11.4 Å². The summed E-state index contributed by atoms with van der Waals surface area (Å²) in [5.41, 5.74) is 0.722. The largest absolute Gasteiger partial charge is 0.497 e. The van der Waals surface area contributed by atoms with Crippen molar-refractivity contribution in [3.8, 4) is 5.75 Å². The number of hydrogen-bond donors (Lipinski definition) is 1. The number of sulfonamides is 1. The van der Waals surface area contributed by atoms with Gasteiger partial charge in [-0.25, -0.2) is 8.42 Å². The molecule has 0 aliphatic heterocycles. The lowest BCUT2D eigenvalue weighted by Crippen LogP contribution is -2.37. The van der Waals surface area contributed by atoms with Crippen LogP contribution in [0.5, 0.6) is 5.75 Å². The second kappa shape index (κ2) is 9.42. The van der Waals surface area contributed by atoms with Crippen LogP contribution in [-0.4, -0.2) is 40.1 Å². The van der Waals surface area contributed by atoms with Gasteiger partial charge in [0.05, 0.1) is 23.8 Å². The van der Waals surface area contributed by atoms with Crippen molar-refractivity contribution in [1.82, 2.24) is 0 Å². The molecule has 0 fully saturated rings. The van der Waals surface area contributed by atoms with Crippen LogP contribution in [0.25, 0.3) is 0 Å². The molecule has 0 spiro atoms. The number of carbonyl (C=O) groups excluding carboxylic acids is 2. The van der Waals surface area contributed by atoms with Gasteiger partial charge in [-0.05, 0) is 50.2 Å². The van der Waals surface area contributed by atoms with E-state index in [9.17, 15) is 18.0 Å². The number of anilines is 2. The summed E-state index contributed by atoms with van der Waals surface area (Å²) >= 11 is 0. The second-order valence-corrected chi connectivity index (χ2v) is 8.32. The first-order valence-electron chi connectivity index (χ1n) is 8.87. The monoisotopic (exact) mass is 420 g/mol. The van der Waals surface area contributed by atoms with Crippen molar-refractivity contribution in [3.05, 3.63) is 48.5 Å². The Hall–Kier alpha value is -3.07. The van der Waals surface area contributed by atoms with E-state index in [1.54, 1.807) is 32.0 Å². The van der Waals surface area contributed by atoms with Crippen LogP contribution in [0, 0.1) is 0 Å². The summed E-state index contributed by atoms with van der Waals surface area (Å²) in [5.74, 6) is -0.503. The molecule has 0 saturated heterocycles. The van der Waals surface area contributed by atoms with Crippen LogP contribution >= 0.6 is 0 Å². The van der Waals surface area contributed by atoms with E-state index in [1.165, 1.54) is 44.4 Å². The summed E-state index contributed by atoms with van der Waals surface area (Å²) in [6, 6.07) is 12.1. The molecule has 0 aliphatic carbocycles. The maximum Gasteiger partial charge on any atom is 0.327 e. The number of rotatable bonds is 8. The molecule has 1 N–H and O–H groups in total. The second-order valence-electron chi connectivity index (χ2n) is 6.46. The predicted octanol–water partition coefficient (Wildman–Crippen LogP) is 2.80. The summed E-state index contributed by atoms with van der Waals surface area (Å²) in [7, 11) is -2.63. The Balaban J connectivity index is 2.44. The lowest BCUT2D eigenvalue weighted by molar-refractivity contribution is -0.145. The van der Waals surface area contributed by atoms with Crippen molar-refractivity contribution in [2.75, 3.05) is 23.3 Å². The number of nitrogens with zero attached hydrogens (tertiary/aromatic N) is 1. The molecule has 0 radical (unpaired) electrons. The first-order valence-corrected chi connectivity index (χ1v) is 10.3. The summed E-state index contributed by atoms with van der Waals surface area (Å²) in [6.45, 7) is 4.22. The van der Waals surface area contributed by atoms with E-state index in [0.717, 1.165) is 4.31 Å². The molecule has 9 heteroatoms. The number of esters is 1. The highest BCUT2D eigenvalue weighted by Crippen LogP contribution is 2.27. The van der Waals surface area contributed by atoms with Crippen LogP contribution in [0.3, 0.4) is 0 Å². The van der Waals surface area contributed by atoms with E-state index in [-0.39, 0.29) is 22.6 Å². The van der Waals surface area contributed by atoms with Crippen LogP contribution in [0.15, 0.2) is 53.4 Å². The van der Waals surface area contributed by atoms with Crippen molar-refractivity contribution >= 4 is 33.3 Å². The van der Waals surface area contributed by atoms with Crippen LogP contribution in [0.4, 0.5) is 11.4 Å². The van der Waals surface area contributed by atoms with Gasteiger partial charge >= 0.3 is 5.97 Å². The van der Waals surface area contributed by atoms with Gasteiger partial charge in [0.15, 0.2) is 0 Å². The minimum Gasteiger partial charge on any atom is -0.497 e. The molecular formula is C20H24N2O6S. The molecule has 0 atom stereocenters. The summed E-state index contributed by atoms with van der Waals surface area (Å²) in [4.78, 5) is 23.4. The molecule has 0 saturated carbocycles. The maximum atomic E-state index is 13.3. The van der Waals surface area contributed by atoms with Gasteiger partial charge in [0.2, 0.25) is 5.91 Å². The number of methoxy groups -OCH3 is 1. The Morgan fingerprint density at radius 1 is 1.10 bits per heavy atom. The fourth-order valence-corrected chi connectivity index (χ4v) is 3.94. The van der Waals surface area contributed by atoms with E-state index in [1.807, 2.05) is 0 Å². The highest BCUT2D eigenvalue weighted by atomic mass is 32.2. The van der Waals surface area contributed by atoms with E-state index in [2.05, 4.69) is 5.32 Å². The Kier molecular flexibility index (Phi) is 7.22. The Morgan fingerprint density at radius 2 is 1.76 bits per heavy atom. The average molecular weight is 420 g/mol. The lowest BCUT2D eigenvalue weighted by Gasteiger charge is -2.24. The molecule has 2 aromatic rings. The zero-order valence-electron chi connectivity index (χ0n) is 16.7. The van der Waals surface area contributed by atoms with E-state index < -0.39 is 22.5 Å². The standard InChI is InChI=1S/C20H24N2O6S/c1-14(2)28-20(24)13-22(17-6-5-7-18(12-17)27-4)29(25,26)19-10-8-16(9-11-19)21-15(3)23/h5-12,14H,13H2,1-4H3,(H,21,23). The van der Waals surface area contributed by atoms with Crippen LogP contribution in [-0.2, 0) is 24.3 Å². The number of ether oxygens (including phenoxy) is 2. The molecule has 0 bridgehead atoms. The average Bonchev–Trinajstić information content (AvgIpc) is 2.65. The molecule has 1 amide bonds. The quantitative estimate of drug-likeness (QED) is 0.659. The number of nitrogens with one attached hydrogen (secondary N) is 1. The van der Waals surface area contributed by atoms with Crippen LogP contribution in [0.1, 0.15) is 20.8 Å². The SMILES string of the molecule is COc1cccc(N(CC(=O)OC(C)C)S(=O)(=O)c2ccc(NC(C)=O)cc2)c1. The van der Waals surface area contributed by atoms with Gasteiger partial charge in [-0.3, -0.25) is 13.9 Å². The summed E-state index contributed by atoms with van der Waals surface area (Å²) in [6.07, 6.45) is -0.380. The summed E-state index contributed by atoms with van der Waals surface area (Å²) in [5, 5.41) is 2.58. The van der Waals surface area contributed by atoms with Crippen molar-refractivity contribution in [1.29, 1.82) is 0 Å². The van der Waals surface area contributed by atoms with Gasteiger partial charge in [0.25, 0.3) is 10.0 Å². The third-order valence-corrected chi connectivity index (χ3v) is 5.53. The van der Waals surface area contributed by atoms with Crippen LogP contribution < -0.4 is 14.4 Å². The number of carbonyl (C=O) groups is 2. The fourth-order valence-electron chi connectivity index (χ4n) is 2.54. The van der Waals surface area contributed by atoms with E-state index >= 15 is 0 Å². The van der Waals surface area contributed by atoms with Crippen molar-refractivity contribution in [2.24, 2.45) is 0 Å². The molecule has 29 heavy (non-hydrogen) atoms. The molecule has 0 aromatic heterocycles. The highest BCUT2D eigenvalue weighted by Gasteiger charge is 2.28. The minimum atomic E-state index is -4.09. The maximum absolute atomic E-state index is 13.3. The lowest BCUT2D eigenvalue weighted by atomic mass is 10.3. The predicted molar refractivity (Wildman–Crippen MR) is 109 cm³/mol. The summed E-state index contributed by atoms with van der Waals surface area (Å²) < 4.78 is 37.8. The molecule has 156 valence electrons.